The Hall–Kier alpha value is -0.470. The Kier molecular flexibility index (Phi) is 2.97. The fraction of sp³-hybridized carbons (Fsp3) is 0.333. The summed E-state index contributed by atoms with van der Waals surface area (Å²) in [4.78, 5) is 1.16. The van der Waals surface area contributed by atoms with Crippen molar-refractivity contribution in [2.75, 3.05) is 6.26 Å². The average molecular weight is 168 g/mol. The van der Waals surface area contributed by atoms with E-state index in [1.165, 1.54) is 5.56 Å². The van der Waals surface area contributed by atoms with Crippen molar-refractivity contribution in [3.8, 4) is 0 Å². The van der Waals surface area contributed by atoms with Gasteiger partial charge in [0.1, 0.15) is 0 Å². The van der Waals surface area contributed by atoms with Crippen LogP contribution < -0.4 is 0 Å². The maximum Gasteiger partial charge on any atom is 0.0692 e. The Balaban J connectivity index is 3.06. The van der Waals surface area contributed by atoms with E-state index in [1.807, 2.05) is 25.3 Å². The second-order valence-electron chi connectivity index (χ2n) is 2.47. The Morgan fingerprint density at radius 3 is 2.73 bits per heavy atom. The van der Waals surface area contributed by atoms with E-state index in [4.69, 9.17) is 5.11 Å². The molecule has 0 bridgehead atoms. The van der Waals surface area contributed by atoms with Crippen LogP contribution in [0.25, 0.3) is 0 Å². The molecule has 1 nitrogen and oxygen atoms in total. The van der Waals surface area contributed by atoms with Gasteiger partial charge in [-0.05, 0) is 24.8 Å². The molecule has 11 heavy (non-hydrogen) atoms. The number of aliphatic hydroxyl groups is 1. The minimum atomic E-state index is 0.137. The van der Waals surface area contributed by atoms with Crippen LogP contribution in [0.4, 0.5) is 0 Å². The zero-order chi connectivity index (χ0) is 8.27. The topological polar surface area (TPSA) is 20.2 Å². The smallest absolute Gasteiger partial charge is 0.0692 e. The first kappa shape index (κ1) is 8.62. The van der Waals surface area contributed by atoms with Crippen molar-refractivity contribution in [3.63, 3.8) is 0 Å². The van der Waals surface area contributed by atoms with Crippen molar-refractivity contribution in [1.29, 1.82) is 0 Å². The summed E-state index contributed by atoms with van der Waals surface area (Å²) in [6, 6.07) is 6.13. The first-order chi connectivity index (χ1) is 5.27. The Morgan fingerprint density at radius 1 is 1.45 bits per heavy atom. The molecule has 0 saturated carbocycles. The van der Waals surface area contributed by atoms with Gasteiger partial charge in [-0.2, -0.15) is 0 Å². The van der Waals surface area contributed by atoms with Gasteiger partial charge in [-0.15, -0.1) is 11.8 Å². The maximum absolute atomic E-state index is 8.96. The highest BCUT2D eigenvalue weighted by atomic mass is 32.2. The second-order valence-corrected chi connectivity index (χ2v) is 3.32. The summed E-state index contributed by atoms with van der Waals surface area (Å²) in [5.41, 5.74) is 2.23. The van der Waals surface area contributed by atoms with Crippen LogP contribution >= 0.6 is 11.8 Å². The number of benzene rings is 1. The van der Waals surface area contributed by atoms with E-state index < -0.39 is 0 Å². The van der Waals surface area contributed by atoms with E-state index in [2.05, 4.69) is 6.07 Å². The highest BCUT2D eigenvalue weighted by molar-refractivity contribution is 7.98. The number of aryl methyl sites for hydroxylation is 1. The fourth-order valence-corrected chi connectivity index (χ4v) is 1.62. The molecule has 1 aromatic carbocycles. The van der Waals surface area contributed by atoms with Gasteiger partial charge in [-0.1, -0.05) is 17.7 Å². The minimum Gasteiger partial charge on any atom is -0.392 e. The molecule has 0 aliphatic rings. The zero-order valence-corrected chi connectivity index (χ0v) is 7.61. The summed E-state index contributed by atoms with van der Waals surface area (Å²) in [7, 11) is 0. The molecule has 0 amide bonds. The maximum atomic E-state index is 8.96. The minimum absolute atomic E-state index is 0.137. The third-order valence-electron chi connectivity index (χ3n) is 1.61. The predicted octanol–water partition coefficient (Wildman–Crippen LogP) is 2.21. The monoisotopic (exact) mass is 168 g/mol. The van der Waals surface area contributed by atoms with Crippen LogP contribution in [-0.4, -0.2) is 11.4 Å². The van der Waals surface area contributed by atoms with Crippen molar-refractivity contribution in [3.05, 3.63) is 29.3 Å². The van der Waals surface area contributed by atoms with Gasteiger partial charge in [0.25, 0.3) is 0 Å². The third-order valence-corrected chi connectivity index (χ3v) is 2.44. The molecule has 0 aromatic heterocycles. The lowest BCUT2D eigenvalue weighted by Gasteiger charge is -2.04. The average Bonchev–Trinajstić information content (AvgIpc) is 2.04. The van der Waals surface area contributed by atoms with Crippen molar-refractivity contribution >= 4 is 11.8 Å². The molecule has 0 aliphatic carbocycles. The number of aliphatic hydroxyl groups excluding tert-OH is 1. The van der Waals surface area contributed by atoms with Crippen molar-refractivity contribution in [2.24, 2.45) is 0 Å². The molecule has 0 saturated heterocycles. The van der Waals surface area contributed by atoms with Crippen LogP contribution in [0.3, 0.4) is 0 Å². The molecule has 1 aromatic rings. The molecule has 1 rings (SSSR count). The van der Waals surface area contributed by atoms with Crippen LogP contribution in [-0.2, 0) is 6.61 Å². The predicted molar refractivity (Wildman–Crippen MR) is 48.9 cm³/mol. The molecule has 0 fully saturated rings. The zero-order valence-electron chi connectivity index (χ0n) is 6.79. The Labute approximate surface area is 71.4 Å². The van der Waals surface area contributed by atoms with E-state index in [0.717, 1.165) is 10.5 Å². The molecule has 0 heterocycles. The summed E-state index contributed by atoms with van der Waals surface area (Å²) in [5, 5.41) is 8.96. The van der Waals surface area contributed by atoms with Gasteiger partial charge in [-0.25, -0.2) is 0 Å². The highest BCUT2D eigenvalue weighted by Crippen LogP contribution is 2.21. The molecule has 0 unspecified atom stereocenters. The molecule has 0 aliphatic heterocycles. The summed E-state index contributed by atoms with van der Waals surface area (Å²) in [6.45, 7) is 2.17. The lowest BCUT2D eigenvalue weighted by molar-refractivity contribution is 0.279. The lowest BCUT2D eigenvalue weighted by Crippen LogP contribution is -1.87. The van der Waals surface area contributed by atoms with Crippen LogP contribution in [0.2, 0.25) is 0 Å². The van der Waals surface area contributed by atoms with E-state index in [1.54, 1.807) is 11.8 Å². The summed E-state index contributed by atoms with van der Waals surface area (Å²) in [5.74, 6) is 0. The molecule has 1 N–H and O–H groups in total. The normalized spacial score (nSPS) is 10.1. The third kappa shape index (κ3) is 1.98. The van der Waals surface area contributed by atoms with Gasteiger partial charge in [-0.3, -0.25) is 0 Å². The van der Waals surface area contributed by atoms with E-state index in [9.17, 15) is 0 Å². The molecular weight excluding hydrogens is 156 g/mol. The van der Waals surface area contributed by atoms with Crippen molar-refractivity contribution in [2.45, 2.75) is 18.4 Å². The summed E-state index contributed by atoms with van der Waals surface area (Å²) in [6.07, 6.45) is 2.02. The van der Waals surface area contributed by atoms with Gasteiger partial charge in [0.15, 0.2) is 0 Å². The van der Waals surface area contributed by atoms with Crippen LogP contribution in [0, 0.1) is 6.92 Å². The second kappa shape index (κ2) is 3.79. The largest absolute Gasteiger partial charge is 0.392 e. The van der Waals surface area contributed by atoms with E-state index >= 15 is 0 Å². The quantitative estimate of drug-likeness (QED) is 0.683. The van der Waals surface area contributed by atoms with Gasteiger partial charge in [0.2, 0.25) is 0 Å². The first-order valence-corrected chi connectivity index (χ1v) is 4.74. The summed E-state index contributed by atoms with van der Waals surface area (Å²) < 4.78 is 0. The van der Waals surface area contributed by atoms with E-state index in [0.29, 0.717) is 0 Å². The molecule has 0 spiro atoms. The van der Waals surface area contributed by atoms with Gasteiger partial charge >= 0.3 is 0 Å². The molecule has 60 valence electrons. The van der Waals surface area contributed by atoms with Gasteiger partial charge < -0.3 is 5.11 Å². The Bertz CT molecular complexity index is 245. The number of thioether (sulfide) groups is 1. The van der Waals surface area contributed by atoms with E-state index in [-0.39, 0.29) is 6.61 Å². The van der Waals surface area contributed by atoms with Gasteiger partial charge in [0, 0.05) is 4.90 Å². The number of hydrogen-bond acceptors (Lipinski definition) is 2. The van der Waals surface area contributed by atoms with Gasteiger partial charge in [0.05, 0.1) is 6.61 Å². The van der Waals surface area contributed by atoms with Crippen LogP contribution in [0.1, 0.15) is 11.1 Å². The highest BCUT2D eigenvalue weighted by Gasteiger charge is 1.98. The first-order valence-electron chi connectivity index (χ1n) is 3.52. The fourth-order valence-electron chi connectivity index (χ4n) is 1.03. The molecule has 0 radical (unpaired) electrons. The summed E-state index contributed by atoms with van der Waals surface area (Å²) >= 11 is 1.67. The number of hydrogen-bond donors (Lipinski definition) is 1. The standard InChI is InChI=1S/C9H12OS/c1-7-3-4-9(11-2)8(5-7)6-10/h3-5,10H,6H2,1-2H3. The van der Waals surface area contributed by atoms with Crippen LogP contribution in [0.5, 0.6) is 0 Å². The SMILES string of the molecule is CSc1ccc(C)cc1CO. The van der Waals surface area contributed by atoms with Crippen molar-refractivity contribution in [1.82, 2.24) is 0 Å². The lowest BCUT2D eigenvalue weighted by atomic mass is 10.1. The number of rotatable bonds is 2. The van der Waals surface area contributed by atoms with Crippen LogP contribution in [0.15, 0.2) is 23.1 Å². The van der Waals surface area contributed by atoms with Crippen molar-refractivity contribution < 1.29 is 5.11 Å². The Morgan fingerprint density at radius 2 is 2.18 bits per heavy atom. The molecular formula is C9H12OS. The molecule has 0 atom stereocenters. The molecule has 2 heteroatoms.